The van der Waals surface area contributed by atoms with Gasteiger partial charge in [-0.3, -0.25) is 4.79 Å². The Bertz CT molecular complexity index is 414. The quantitative estimate of drug-likeness (QED) is 0.688. The summed E-state index contributed by atoms with van der Waals surface area (Å²) >= 11 is 0. The van der Waals surface area contributed by atoms with E-state index in [2.05, 4.69) is 0 Å². The molecule has 0 aromatic carbocycles. The Morgan fingerprint density at radius 2 is 1.72 bits per heavy atom. The number of carbonyl (C=O) groups is 1. The first kappa shape index (κ1) is 20.6. The van der Waals surface area contributed by atoms with Gasteiger partial charge in [0.15, 0.2) is 6.29 Å². The van der Waals surface area contributed by atoms with Crippen LogP contribution in [0.1, 0.15) is 39.0 Å². The smallest absolute Gasteiger partial charge is 0.219 e. The highest BCUT2D eigenvalue weighted by molar-refractivity contribution is 5.73. The van der Waals surface area contributed by atoms with Crippen LogP contribution in [0.3, 0.4) is 0 Å². The molecular formula is C18H33NO6. The average molecular weight is 359 g/mol. The minimum Gasteiger partial charge on any atom is -0.382 e. The lowest BCUT2D eigenvalue weighted by Crippen LogP contribution is -2.66. The monoisotopic (exact) mass is 359 g/mol. The molecule has 2 fully saturated rings. The first-order chi connectivity index (χ1) is 12.0. The van der Waals surface area contributed by atoms with Gasteiger partial charge in [0.2, 0.25) is 5.91 Å². The largest absolute Gasteiger partial charge is 0.382 e. The zero-order chi connectivity index (χ0) is 18.4. The second kappa shape index (κ2) is 9.83. The van der Waals surface area contributed by atoms with Crippen LogP contribution in [-0.4, -0.2) is 82.5 Å². The van der Waals surface area contributed by atoms with E-state index in [1.54, 1.807) is 33.3 Å². The minimum absolute atomic E-state index is 0.0621. The van der Waals surface area contributed by atoms with Gasteiger partial charge >= 0.3 is 0 Å². The van der Waals surface area contributed by atoms with Crippen molar-refractivity contribution in [2.24, 2.45) is 0 Å². The van der Waals surface area contributed by atoms with Crippen molar-refractivity contribution in [2.45, 2.75) is 75.8 Å². The van der Waals surface area contributed by atoms with Crippen LogP contribution < -0.4 is 0 Å². The number of rotatable bonds is 7. The molecule has 5 atom stereocenters. The highest BCUT2D eigenvalue weighted by atomic mass is 16.7. The van der Waals surface area contributed by atoms with Gasteiger partial charge < -0.3 is 28.6 Å². The van der Waals surface area contributed by atoms with Crippen molar-refractivity contribution in [1.82, 2.24) is 4.90 Å². The van der Waals surface area contributed by atoms with Gasteiger partial charge in [-0.15, -0.1) is 0 Å². The van der Waals surface area contributed by atoms with E-state index in [0.29, 0.717) is 6.61 Å². The summed E-state index contributed by atoms with van der Waals surface area (Å²) in [6.07, 6.45) is 4.21. The lowest BCUT2D eigenvalue weighted by Gasteiger charge is -2.48. The van der Waals surface area contributed by atoms with E-state index in [1.165, 1.54) is 26.2 Å². The Balaban J connectivity index is 2.24. The minimum atomic E-state index is -0.562. The van der Waals surface area contributed by atoms with E-state index in [-0.39, 0.29) is 36.4 Å². The van der Waals surface area contributed by atoms with E-state index < -0.39 is 6.29 Å². The summed E-state index contributed by atoms with van der Waals surface area (Å²) in [6.45, 7) is 1.91. The van der Waals surface area contributed by atoms with Crippen LogP contribution in [0.25, 0.3) is 0 Å². The van der Waals surface area contributed by atoms with Crippen LogP contribution in [0.2, 0.25) is 0 Å². The van der Waals surface area contributed by atoms with Gasteiger partial charge in [0.05, 0.1) is 12.7 Å². The molecule has 2 rings (SSSR count). The van der Waals surface area contributed by atoms with Gasteiger partial charge in [0, 0.05) is 35.3 Å². The van der Waals surface area contributed by atoms with Crippen LogP contribution in [0.5, 0.6) is 0 Å². The molecule has 7 heteroatoms. The zero-order valence-corrected chi connectivity index (χ0v) is 16.1. The van der Waals surface area contributed by atoms with Crippen molar-refractivity contribution in [3.05, 3.63) is 0 Å². The van der Waals surface area contributed by atoms with Crippen molar-refractivity contribution < 1.29 is 28.5 Å². The van der Waals surface area contributed by atoms with E-state index in [1.807, 2.05) is 0 Å². The standard InChI is InChI=1S/C18H33NO6/c1-12(20)19(2)15-17(23-5)16(22-4)14(11-21-3)25-18(15)24-13-9-7-6-8-10-13/h13-18H,6-11H2,1-5H3/t14-,15-,16+,17-,18+/m1/s1. The van der Waals surface area contributed by atoms with E-state index >= 15 is 0 Å². The van der Waals surface area contributed by atoms with Crippen molar-refractivity contribution >= 4 is 5.91 Å². The molecule has 0 radical (unpaired) electrons. The van der Waals surface area contributed by atoms with Crippen molar-refractivity contribution in [3.63, 3.8) is 0 Å². The van der Waals surface area contributed by atoms with Crippen LogP contribution in [0, 0.1) is 0 Å². The lowest BCUT2D eigenvalue weighted by molar-refractivity contribution is -0.303. The summed E-state index contributed by atoms with van der Waals surface area (Å²) < 4.78 is 29.2. The van der Waals surface area contributed by atoms with E-state index in [0.717, 1.165) is 12.8 Å². The van der Waals surface area contributed by atoms with Crippen LogP contribution in [-0.2, 0) is 28.5 Å². The fourth-order valence-electron chi connectivity index (χ4n) is 3.87. The van der Waals surface area contributed by atoms with E-state index in [4.69, 9.17) is 23.7 Å². The molecule has 0 unspecified atom stereocenters. The predicted molar refractivity (Wildman–Crippen MR) is 92.3 cm³/mol. The first-order valence-corrected chi connectivity index (χ1v) is 9.12. The highest BCUT2D eigenvalue weighted by Crippen LogP contribution is 2.32. The molecular weight excluding hydrogens is 326 g/mol. The normalized spacial score (nSPS) is 34.0. The summed E-state index contributed by atoms with van der Waals surface area (Å²) in [5.74, 6) is -0.0621. The summed E-state index contributed by atoms with van der Waals surface area (Å²) in [5.41, 5.74) is 0. The van der Waals surface area contributed by atoms with Crippen LogP contribution >= 0.6 is 0 Å². The Kier molecular flexibility index (Phi) is 8.09. The molecule has 1 aliphatic heterocycles. The molecule has 1 heterocycles. The third kappa shape index (κ3) is 4.92. The number of amides is 1. The molecule has 2 aliphatic rings. The summed E-state index contributed by atoms with van der Waals surface area (Å²) in [4.78, 5) is 13.7. The number of likely N-dealkylation sites (N-methyl/N-ethyl adjacent to an activating group) is 1. The average Bonchev–Trinajstić information content (AvgIpc) is 2.61. The predicted octanol–water partition coefficient (Wildman–Crippen LogP) is 1.58. The van der Waals surface area contributed by atoms with Gasteiger partial charge in [0.25, 0.3) is 0 Å². The summed E-state index contributed by atoms with van der Waals surface area (Å²) in [6, 6.07) is -0.373. The van der Waals surface area contributed by atoms with Crippen molar-refractivity contribution in [3.8, 4) is 0 Å². The third-order valence-corrected chi connectivity index (χ3v) is 5.31. The maximum Gasteiger partial charge on any atom is 0.219 e. The Hall–Kier alpha value is -0.730. The number of carbonyl (C=O) groups excluding carboxylic acids is 1. The van der Waals surface area contributed by atoms with Crippen LogP contribution in [0.4, 0.5) is 0 Å². The summed E-state index contributed by atoms with van der Waals surface area (Å²) in [7, 11) is 6.63. The van der Waals surface area contributed by atoms with Gasteiger partial charge in [-0.25, -0.2) is 0 Å². The second-order valence-corrected chi connectivity index (χ2v) is 6.92. The van der Waals surface area contributed by atoms with E-state index in [9.17, 15) is 4.79 Å². The Morgan fingerprint density at radius 1 is 1.08 bits per heavy atom. The molecule has 0 N–H and O–H groups in total. The maximum atomic E-state index is 12.0. The molecule has 7 nitrogen and oxygen atoms in total. The first-order valence-electron chi connectivity index (χ1n) is 9.12. The Morgan fingerprint density at radius 3 is 2.24 bits per heavy atom. The number of hydrogen-bond acceptors (Lipinski definition) is 6. The molecule has 0 aromatic rings. The third-order valence-electron chi connectivity index (χ3n) is 5.31. The van der Waals surface area contributed by atoms with Gasteiger partial charge in [-0.05, 0) is 12.8 Å². The molecule has 1 aliphatic carbocycles. The summed E-state index contributed by atoms with van der Waals surface area (Å²) in [5, 5.41) is 0. The van der Waals surface area contributed by atoms with Gasteiger partial charge in [-0.1, -0.05) is 19.3 Å². The topological polar surface area (TPSA) is 66.5 Å². The van der Waals surface area contributed by atoms with Gasteiger partial charge in [0.1, 0.15) is 24.4 Å². The molecule has 1 saturated carbocycles. The molecule has 0 aromatic heterocycles. The number of hydrogen-bond donors (Lipinski definition) is 0. The molecule has 1 amide bonds. The number of nitrogens with zero attached hydrogens (tertiary/aromatic N) is 1. The maximum absolute atomic E-state index is 12.0. The van der Waals surface area contributed by atoms with Crippen LogP contribution in [0.15, 0.2) is 0 Å². The molecule has 0 spiro atoms. The molecule has 25 heavy (non-hydrogen) atoms. The van der Waals surface area contributed by atoms with Crippen molar-refractivity contribution in [1.29, 1.82) is 0 Å². The molecule has 1 saturated heterocycles. The highest BCUT2D eigenvalue weighted by Gasteiger charge is 2.50. The van der Waals surface area contributed by atoms with Crippen molar-refractivity contribution in [2.75, 3.05) is 35.0 Å². The molecule has 0 bridgehead atoms. The van der Waals surface area contributed by atoms with Gasteiger partial charge in [-0.2, -0.15) is 0 Å². The SMILES string of the molecule is COC[C@H]1O[C@H](OC2CCCCC2)[C@H](N(C)C(C)=O)[C@@H](OC)[C@H]1OC. The molecule has 146 valence electrons. The lowest BCUT2D eigenvalue weighted by atomic mass is 9.94. The number of methoxy groups -OCH3 is 3. The number of ether oxygens (including phenoxy) is 5. The fourth-order valence-corrected chi connectivity index (χ4v) is 3.87. The Labute approximate surface area is 150 Å². The zero-order valence-electron chi connectivity index (χ0n) is 16.1. The second-order valence-electron chi connectivity index (χ2n) is 6.92. The fraction of sp³-hybridized carbons (Fsp3) is 0.944.